The molecule has 0 aromatic carbocycles. The summed E-state index contributed by atoms with van der Waals surface area (Å²) in [6, 6.07) is 4.37. The lowest BCUT2D eigenvalue weighted by Crippen LogP contribution is -2.39. The molecule has 20 heavy (non-hydrogen) atoms. The van der Waals surface area contributed by atoms with Crippen LogP contribution in [0.2, 0.25) is 0 Å². The highest BCUT2D eigenvalue weighted by Crippen LogP contribution is 2.29. The molecule has 2 fully saturated rings. The smallest absolute Gasteiger partial charge is 0.179 e. The normalized spacial score (nSPS) is 23.2. The summed E-state index contributed by atoms with van der Waals surface area (Å²) in [4.78, 5) is 6.84. The van der Waals surface area contributed by atoms with E-state index in [-0.39, 0.29) is 0 Å². The van der Waals surface area contributed by atoms with E-state index in [0.29, 0.717) is 22.8 Å². The van der Waals surface area contributed by atoms with Crippen molar-refractivity contribution in [2.75, 3.05) is 24.2 Å². The quantitative estimate of drug-likeness (QED) is 0.884. The van der Waals surface area contributed by atoms with Crippen LogP contribution in [0, 0.1) is 0 Å². The molecule has 1 atom stereocenters. The molecule has 6 heteroatoms. The Bertz CT molecular complexity index is 584. The SMILES string of the molecule is CS(=O)(=O)c1cccnc1N1CCCC1CNC1CC1. The van der Waals surface area contributed by atoms with Crippen molar-refractivity contribution in [2.24, 2.45) is 0 Å². The Morgan fingerprint density at radius 1 is 1.40 bits per heavy atom. The minimum Gasteiger partial charge on any atom is -0.351 e. The molecule has 1 saturated heterocycles. The number of hydrogen-bond donors (Lipinski definition) is 1. The van der Waals surface area contributed by atoms with Gasteiger partial charge in [-0.3, -0.25) is 0 Å². The van der Waals surface area contributed by atoms with Crippen LogP contribution in [0.1, 0.15) is 25.7 Å². The topological polar surface area (TPSA) is 62.3 Å². The first-order valence-corrected chi connectivity index (χ1v) is 9.10. The monoisotopic (exact) mass is 295 g/mol. The van der Waals surface area contributed by atoms with E-state index in [0.717, 1.165) is 25.9 Å². The van der Waals surface area contributed by atoms with Crippen molar-refractivity contribution < 1.29 is 8.42 Å². The van der Waals surface area contributed by atoms with Crippen molar-refractivity contribution in [1.82, 2.24) is 10.3 Å². The first-order chi connectivity index (χ1) is 9.55. The highest BCUT2D eigenvalue weighted by Gasteiger charge is 2.31. The highest BCUT2D eigenvalue weighted by atomic mass is 32.2. The van der Waals surface area contributed by atoms with E-state index in [2.05, 4.69) is 15.2 Å². The predicted octanol–water partition coefficient (Wildman–Crippen LogP) is 1.21. The number of rotatable bonds is 5. The molecule has 0 radical (unpaired) electrons. The van der Waals surface area contributed by atoms with Crippen LogP contribution in [0.4, 0.5) is 5.82 Å². The van der Waals surface area contributed by atoms with Crippen LogP contribution in [0.3, 0.4) is 0 Å². The van der Waals surface area contributed by atoms with Gasteiger partial charge in [-0.2, -0.15) is 0 Å². The van der Waals surface area contributed by atoms with E-state index in [1.165, 1.54) is 19.1 Å². The maximum atomic E-state index is 11.9. The van der Waals surface area contributed by atoms with Crippen LogP contribution in [0.15, 0.2) is 23.2 Å². The fourth-order valence-electron chi connectivity index (χ4n) is 2.80. The summed E-state index contributed by atoms with van der Waals surface area (Å²) in [5.74, 6) is 0.620. The lowest BCUT2D eigenvalue weighted by Gasteiger charge is -2.27. The summed E-state index contributed by atoms with van der Waals surface area (Å²) in [5.41, 5.74) is 0. The van der Waals surface area contributed by atoms with Gasteiger partial charge in [-0.1, -0.05) is 0 Å². The molecule has 110 valence electrons. The van der Waals surface area contributed by atoms with Crippen molar-refractivity contribution in [2.45, 2.75) is 42.7 Å². The molecule has 1 saturated carbocycles. The van der Waals surface area contributed by atoms with Gasteiger partial charge in [-0.15, -0.1) is 0 Å². The molecule has 3 rings (SSSR count). The maximum Gasteiger partial charge on any atom is 0.179 e. The van der Waals surface area contributed by atoms with E-state index in [9.17, 15) is 8.42 Å². The molecule has 1 aromatic heterocycles. The van der Waals surface area contributed by atoms with Gasteiger partial charge in [-0.05, 0) is 37.8 Å². The summed E-state index contributed by atoms with van der Waals surface area (Å²) in [6.07, 6.45) is 7.65. The summed E-state index contributed by atoms with van der Waals surface area (Å²) in [5, 5.41) is 3.54. The maximum absolute atomic E-state index is 11.9. The number of sulfone groups is 1. The molecule has 1 aliphatic heterocycles. The summed E-state index contributed by atoms with van der Waals surface area (Å²) in [6.45, 7) is 1.81. The number of anilines is 1. The number of nitrogens with one attached hydrogen (secondary N) is 1. The van der Waals surface area contributed by atoms with Gasteiger partial charge < -0.3 is 10.2 Å². The van der Waals surface area contributed by atoms with Crippen molar-refractivity contribution in [3.63, 3.8) is 0 Å². The zero-order chi connectivity index (χ0) is 14.2. The molecule has 2 heterocycles. The average molecular weight is 295 g/mol. The van der Waals surface area contributed by atoms with Gasteiger partial charge in [0.25, 0.3) is 0 Å². The highest BCUT2D eigenvalue weighted by molar-refractivity contribution is 7.90. The Morgan fingerprint density at radius 3 is 2.90 bits per heavy atom. The van der Waals surface area contributed by atoms with Crippen LogP contribution >= 0.6 is 0 Å². The van der Waals surface area contributed by atoms with Crippen LogP contribution in [0.5, 0.6) is 0 Å². The Labute approximate surface area is 120 Å². The summed E-state index contributed by atoms with van der Waals surface area (Å²) < 4.78 is 23.8. The lowest BCUT2D eigenvalue weighted by molar-refractivity contribution is 0.565. The van der Waals surface area contributed by atoms with Crippen molar-refractivity contribution in [3.05, 3.63) is 18.3 Å². The minimum atomic E-state index is -3.24. The third-order valence-corrected chi connectivity index (χ3v) is 5.14. The fourth-order valence-corrected chi connectivity index (χ4v) is 3.63. The van der Waals surface area contributed by atoms with Crippen LogP contribution in [-0.4, -0.2) is 44.8 Å². The third-order valence-electron chi connectivity index (χ3n) is 4.02. The Morgan fingerprint density at radius 2 is 2.20 bits per heavy atom. The summed E-state index contributed by atoms with van der Waals surface area (Å²) in [7, 11) is -3.24. The molecule has 1 aromatic rings. The molecular weight excluding hydrogens is 274 g/mol. The first kappa shape index (κ1) is 13.8. The number of aromatic nitrogens is 1. The molecule has 1 N–H and O–H groups in total. The second kappa shape index (κ2) is 5.33. The van der Waals surface area contributed by atoms with Gasteiger partial charge in [0.05, 0.1) is 0 Å². The van der Waals surface area contributed by atoms with E-state index in [1.54, 1.807) is 18.3 Å². The Balaban J connectivity index is 1.83. The molecule has 0 spiro atoms. The first-order valence-electron chi connectivity index (χ1n) is 7.21. The van der Waals surface area contributed by atoms with E-state index < -0.39 is 9.84 Å². The Kier molecular flexibility index (Phi) is 3.69. The zero-order valence-corrected chi connectivity index (χ0v) is 12.6. The van der Waals surface area contributed by atoms with Gasteiger partial charge in [0.2, 0.25) is 0 Å². The standard InChI is InChI=1S/C14H21N3O2S/c1-20(18,19)13-5-2-8-15-14(13)17-9-3-4-12(17)10-16-11-6-7-11/h2,5,8,11-12,16H,3-4,6-7,9-10H2,1H3. The van der Waals surface area contributed by atoms with Crippen molar-refractivity contribution in [1.29, 1.82) is 0 Å². The Hall–Kier alpha value is -1.14. The molecular formula is C14H21N3O2S. The van der Waals surface area contributed by atoms with Crippen LogP contribution in [0.25, 0.3) is 0 Å². The molecule has 0 bridgehead atoms. The van der Waals surface area contributed by atoms with Crippen molar-refractivity contribution >= 4 is 15.7 Å². The minimum absolute atomic E-state index is 0.346. The van der Waals surface area contributed by atoms with Crippen LogP contribution < -0.4 is 10.2 Å². The molecule has 5 nitrogen and oxygen atoms in total. The largest absolute Gasteiger partial charge is 0.351 e. The van der Waals surface area contributed by atoms with Gasteiger partial charge in [0.15, 0.2) is 9.84 Å². The van der Waals surface area contributed by atoms with Gasteiger partial charge in [0, 0.05) is 37.6 Å². The van der Waals surface area contributed by atoms with E-state index in [1.807, 2.05) is 0 Å². The number of nitrogens with zero attached hydrogens (tertiary/aromatic N) is 2. The van der Waals surface area contributed by atoms with Gasteiger partial charge in [0.1, 0.15) is 10.7 Å². The average Bonchev–Trinajstić information content (AvgIpc) is 3.12. The molecule has 0 amide bonds. The second-order valence-corrected chi connectivity index (χ2v) is 7.75. The molecule has 2 aliphatic rings. The second-order valence-electron chi connectivity index (χ2n) is 5.77. The predicted molar refractivity (Wildman–Crippen MR) is 78.7 cm³/mol. The summed E-state index contributed by atoms with van der Waals surface area (Å²) >= 11 is 0. The van der Waals surface area contributed by atoms with E-state index in [4.69, 9.17) is 0 Å². The van der Waals surface area contributed by atoms with Gasteiger partial charge in [-0.25, -0.2) is 13.4 Å². The number of pyridine rings is 1. The number of hydrogen-bond acceptors (Lipinski definition) is 5. The third kappa shape index (κ3) is 2.96. The molecule has 1 unspecified atom stereocenters. The van der Waals surface area contributed by atoms with Gasteiger partial charge >= 0.3 is 0 Å². The molecule has 1 aliphatic carbocycles. The van der Waals surface area contributed by atoms with E-state index >= 15 is 0 Å². The van der Waals surface area contributed by atoms with Crippen LogP contribution in [-0.2, 0) is 9.84 Å². The van der Waals surface area contributed by atoms with Crippen molar-refractivity contribution in [3.8, 4) is 0 Å². The zero-order valence-electron chi connectivity index (χ0n) is 11.7. The fraction of sp³-hybridized carbons (Fsp3) is 0.643. The lowest BCUT2D eigenvalue weighted by atomic mass is 10.2.